The van der Waals surface area contributed by atoms with Gasteiger partial charge in [0.05, 0.1) is 17.6 Å². The molecule has 8 heteroatoms. The monoisotopic (exact) mass is 471 g/mol. The van der Waals surface area contributed by atoms with Crippen LogP contribution in [0.2, 0.25) is 0 Å². The third kappa shape index (κ3) is 6.44. The molecule has 8 nitrogen and oxygen atoms in total. The molecule has 3 N–H and O–H groups in total. The number of nitrogens with one attached hydrogen (secondary N) is 3. The maximum Gasteiger partial charge on any atom is 0.247 e. The standard InChI is InChI=1S/C27H33N7O/c1-7-19(17-34(6)24-14-13-20(15-30-24)31-25(35)8-2)32-27(28-5)33-26(18(3)4)22-16-29-23-12-10-9-11-21(22)23/h8-16,19,29H,2-3,7,17H2,1,4-6H3,(H,28,32)(H,31,35)/t19-/m1/s1. The number of H-pyrrole nitrogens is 1. The van der Waals surface area contributed by atoms with Gasteiger partial charge in [-0.05, 0) is 43.2 Å². The fraction of sp³-hybridized carbons (Fsp3) is 0.259. The molecule has 0 saturated heterocycles. The number of nitrogens with zero attached hydrogens (tertiary/aromatic N) is 4. The Bertz CT molecular complexity index is 1250. The number of guanidine groups is 1. The number of aromatic amines is 1. The zero-order chi connectivity index (χ0) is 25.4. The number of aromatic nitrogens is 2. The molecule has 0 aliphatic heterocycles. The van der Waals surface area contributed by atoms with Crippen LogP contribution in [0, 0.1) is 0 Å². The van der Waals surface area contributed by atoms with E-state index < -0.39 is 0 Å². The number of para-hydroxylation sites is 1. The van der Waals surface area contributed by atoms with Crippen LogP contribution in [0.3, 0.4) is 0 Å². The van der Waals surface area contributed by atoms with Crippen LogP contribution in [0.5, 0.6) is 0 Å². The minimum Gasteiger partial charge on any atom is -0.360 e. The van der Waals surface area contributed by atoms with Crippen molar-refractivity contribution in [3.8, 4) is 0 Å². The second-order valence-electron chi connectivity index (χ2n) is 8.26. The van der Waals surface area contributed by atoms with Gasteiger partial charge in [0, 0.05) is 49.3 Å². The van der Waals surface area contributed by atoms with E-state index in [-0.39, 0.29) is 11.9 Å². The van der Waals surface area contributed by atoms with Crippen LogP contribution in [-0.4, -0.2) is 54.2 Å². The normalized spacial score (nSPS) is 12.8. The van der Waals surface area contributed by atoms with Gasteiger partial charge in [0.2, 0.25) is 11.9 Å². The molecule has 3 aromatic rings. The molecule has 2 heterocycles. The van der Waals surface area contributed by atoms with E-state index in [1.54, 1.807) is 13.2 Å². The number of pyridine rings is 1. The minimum absolute atomic E-state index is 0.0822. The first kappa shape index (κ1) is 25.4. The smallest absolute Gasteiger partial charge is 0.247 e. The lowest BCUT2D eigenvalue weighted by Gasteiger charge is -2.25. The van der Waals surface area contributed by atoms with Crippen LogP contribution in [-0.2, 0) is 4.79 Å². The van der Waals surface area contributed by atoms with Crippen molar-refractivity contribution in [3.63, 3.8) is 0 Å². The first-order valence-corrected chi connectivity index (χ1v) is 11.5. The predicted molar refractivity (Wildman–Crippen MR) is 147 cm³/mol. The number of likely N-dealkylation sites (N-methyl/N-ethyl adjacent to an activating group) is 1. The zero-order valence-corrected chi connectivity index (χ0v) is 20.8. The number of anilines is 2. The number of carbonyl (C=O) groups excluding carboxylic acids is 1. The van der Waals surface area contributed by atoms with E-state index in [9.17, 15) is 4.79 Å². The van der Waals surface area contributed by atoms with Crippen molar-refractivity contribution in [2.75, 3.05) is 30.9 Å². The second-order valence-corrected chi connectivity index (χ2v) is 8.26. The zero-order valence-electron chi connectivity index (χ0n) is 20.8. The summed E-state index contributed by atoms with van der Waals surface area (Å²) >= 11 is 0. The number of hydrogen-bond acceptors (Lipinski definition) is 4. The molecule has 0 saturated carbocycles. The molecule has 0 radical (unpaired) electrons. The van der Waals surface area contributed by atoms with Crippen LogP contribution in [0.4, 0.5) is 11.5 Å². The first-order valence-electron chi connectivity index (χ1n) is 11.5. The van der Waals surface area contributed by atoms with Gasteiger partial charge in [-0.15, -0.1) is 0 Å². The van der Waals surface area contributed by atoms with Gasteiger partial charge < -0.3 is 20.5 Å². The Morgan fingerprint density at radius 2 is 2.06 bits per heavy atom. The van der Waals surface area contributed by atoms with Gasteiger partial charge in [-0.25, -0.2) is 9.98 Å². The summed E-state index contributed by atoms with van der Waals surface area (Å²) in [6.07, 6.45) is 5.68. The third-order valence-electron chi connectivity index (χ3n) is 5.59. The van der Waals surface area contributed by atoms with Gasteiger partial charge in [0.15, 0.2) is 0 Å². The second kappa shape index (κ2) is 11.8. The molecule has 0 aliphatic carbocycles. The molecule has 0 bridgehead atoms. The van der Waals surface area contributed by atoms with E-state index in [0.29, 0.717) is 18.2 Å². The Balaban J connectivity index is 1.74. The summed E-state index contributed by atoms with van der Waals surface area (Å²) in [6, 6.07) is 11.9. The van der Waals surface area contributed by atoms with Gasteiger partial charge in [0.25, 0.3) is 0 Å². The molecule has 0 aliphatic rings. The summed E-state index contributed by atoms with van der Waals surface area (Å²) in [4.78, 5) is 30.5. The Morgan fingerprint density at radius 3 is 2.69 bits per heavy atom. The van der Waals surface area contributed by atoms with Crippen molar-refractivity contribution in [2.45, 2.75) is 26.3 Å². The molecular formula is C27H33N7O. The molecule has 2 aromatic heterocycles. The number of allylic oxidation sites excluding steroid dienone is 1. The van der Waals surface area contributed by atoms with Gasteiger partial charge in [0.1, 0.15) is 5.82 Å². The van der Waals surface area contributed by atoms with E-state index in [2.05, 4.69) is 56.6 Å². The Morgan fingerprint density at radius 1 is 1.29 bits per heavy atom. The Labute approximate surface area is 206 Å². The van der Waals surface area contributed by atoms with E-state index in [1.807, 2.05) is 50.5 Å². The Hall–Kier alpha value is -4.20. The molecule has 0 fully saturated rings. The average Bonchev–Trinajstić information content (AvgIpc) is 3.29. The summed E-state index contributed by atoms with van der Waals surface area (Å²) in [7, 11) is 3.71. The average molecular weight is 472 g/mol. The first-order chi connectivity index (χ1) is 16.9. The number of amides is 1. The van der Waals surface area contributed by atoms with Crippen LogP contribution in [0.25, 0.3) is 10.9 Å². The van der Waals surface area contributed by atoms with Crippen molar-refractivity contribution in [2.24, 2.45) is 9.98 Å². The third-order valence-corrected chi connectivity index (χ3v) is 5.59. The van der Waals surface area contributed by atoms with Gasteiger partial charge in [-0.3, -0.25) is 9.79 Å². The molecule has 1 aromatic carbocycles. The lowest BCUT2D eigenvalue weighted by Crippen LogP contribution is -2.42. The summed E-state index contributed by atoms with van der Waals surface area (Å²) in [5, 5.41) is 7.26. The highest BCUT2D eigenvalue weighted by Crippen LogP contribution is 2.21. The highest BCUT2D eigenvalue weighted by molar-refractivity contribution is 6.21. The van der Waals surface area contributed by atoms with Crippen LogP contribution in [0.1, 0.15) is 25.8 Å². The molecule has 1 amide bonds. The van der Waals surface area contributed by atoms with Crippen molar-refractivity contribution >= 4 is 40.0 Å². The molecule has 0 spiro atoms. The van der Waals surface area contributed by atoms with Crippen molar-refractivity contribution in [1.29, 1.82) is 0 Å². The fourth-order valence-electron chi connectivity index (χ4n) is 3.67. The van der Waals surface area contributed by atoms with Crippen LogP contribution >= 0.6 is 0 Å². The van der Waals surface area contributed by atoms with Gasteiger partial charge in [-0.1, -0.05) is 38.3 Å². The summed E-state index contributed by atoms with van der Waals surface area (Å²) in [5.74, 6) is 1.07. The highest BCUT2D eigenvalue weighted by atomic mass is 16.1. The molecule has 1 atom stereocenters. The van der Waals surface area contributed by atoms with Crippen molar-refractivity contribution in [1.82, 2.24) is 15.3 Å². The predicted octanol–water partition coefficient (Wildman–Crippen LogP) is 4.54. The summed E-state index contributed by atoms with van der Waals surface area (Å²) in [6.45, 7) is 12.4. The van der Waals surface area contributed by atoms with E-state index in [0.717, 1.165) is 40.0 Å². The fourth-order valence-corrected chi connectivity index (χ4v) is 3.67. The van der Waals surface area contributed by atoms with E-state index >= 15 is 0 Å². The van der Waals surface area contributed by atoms with E-state index in [1.165, 1.54) is 6.08 Å². The van der Waals surface area contributed by atoms with E-state index in [4.69, 9.17) is 4.99 Å². The van der Waals surface area contributed by atoms with Crippen LogP contribution < -0.4 is 15.5 Å². The number of fused-ring (bicyclic) bond motifs is 1. The molecular weight excluding hydrogens is 438 g/mol. The maximum absolute atomic E-state index is 11.5. The number of carbonyl (C=O) groups is 1. The summed E-state index contributed by atoms with van der Waals surface area (Å²) in [5.41, 5.74) is 4.31. The number of benzene rings is 1. The van der Waals surface area contributed by atoms with Crippen molar-refractivity contribution < 1.29 is 4.79 Å². The SMILES string of the molecule is C=CC(=O)Nc1ccc(N(C)C[C@@H](CC)NC(=NC)N=C(C(=C)C)c2c[nH]c3ccccc23)nc1. The number of aliphatic imine (C=N–C) groups is 2. The lowest BCUT2D eigenvalue weighted by molar-refractivity contribution is -0.111. The lowest BCUT2D eigenvalue weighted by atomic mass is 10.0. The quantitative estimate of drug-likeness (QED) is 0.242. The minimum atomic E-state index is -0.267. The Kier molecular flexibility index (Phi) is 8.56. The number of rotatable bonds is 9. The largest absolute Gasteiger partial charge is 0.360 e. The summed E-state index contributed by atoms with van der Waals surface area (Å²) < 4.78 is 0. The van der Waals surface area contributed by atoms with Gasteiger partial charge >= 0.3 is 0 Å². The molecule has 35 heavy (non-hydrogen) atoms. The van der Waals surface area contributed by atoms with Crippen LogP contribution in [0.15, 0.2) is 83.6 Å². The molecule has 3 rings (SSSR count). The molecule has 0 unspecified atom stereocenters. The number of hydrogen-bond donors (Lipinski definition) is 3. The highest BCUT2D eigenvalue weighted by Gasteiger charge is 2.16. The van der Waals surface area contributed by atoms with Crippen molar-refractivity contribution in [3.05, 3.63) is 79.2 Å². The molecule has 182 valence electrons. The topological polar surface area (TPSA) is 97.8 Å². The maximum atomic E-state index is 11.5. The van der Waals surface area contributed by atoms with Gasteiger partial charge in [-0.2, -0.15) is 0 Å².